The Morgan fingerprint density at radius 1 is 0.830 bits per heavy atom. The highest BCUT2D eigenvalue weighted by Crippen LogP contribution is 2.24. The van der Waals surface area contributed by atoms with Gasteiger partial charge in [-0.25, -0.2) is 4.79 Å². The van der Waals surface area contributed by atoms with E-state index in [1.165, 1.54) is 0 Å². The number of ether oxygens (including phenoxy) is 4. The van der Waals surface area contributed by atoms with Crippen LogP contribution in [0.2, 0.25) is 0 Å². The second kappa shape index (κ2) is 20.9. The number of hydrogen-bond acceptors (Lipinski definition) is 13. The lowest BCUT2D eigenvalue weighted by molar-refractivity contribution is -0.263. The molecule has 2 aliphatic rings. The second-order valence-corrected chi connectivity index (χ2v) is 12.3. The van der Waals surface area contributed by atoms with Crippen LogP contribution in [0.15, 0.2) is 48.5 Å². The van der Waals surface area contributed by atoms with Crippen LogP contribution in [0.25, 0.3) is 11.1 Å². The van der Waals surface area contributed by atoms with Gasteiger partial charge in [0.1, 0.15) is 11.9 Å². The average Bonchev–Trinajstić information content (AvgIpc) is 3.46. The predicted molar refractivity (Wildman–Crippen MR) is 184 cm³/mol. The van der Waals surface area contributed by atoms with E-state index in [4.69, 9.17) is 23.8 Å². The van der Waals surface area contributed by atoms with Crippen LogP contribution in [-0.4, -0.2) is 121 Å². The van der Waals surface area contributed by atoms with Crippen LogP contribution in [0, 0.1) is 0 Å². The molecule has 0 unspecified atom stereocenters. The minimum Gasteiger partial charge on any atom is -0.484 e. The van der Waals surface area contributed by atoms with Crippen molar-refractivity contribution in [2.75, 3.05) is 46.1 Å². The molecule has 0 radical (unpaired) electrons. The molecule has 0 aromatic heterocycles. The monoisotopic (exact) mass is 742 g/mol. The Balaban J connectivity index is 1.05. The summed E-state index contributed by atoms with van der Waals surface area (Å²) in [4.78, 5) is 76.6. The molecular weight excluding hydrogens is 696 g/mol. The van der Waals surface area contributed by atoms with Gasteiger partial charge in [0.25, 0.3) is 23.6 Å². The van der Waals surface area contributed by atoms with Crippen LogP contribution in [0.5, 0.6) is 5.75 Å². The summed E-state index contributed by atoms with van der Waals surface area (Å²) in [5, 5.41) is 28.2. The van der Waals surface area contributed by atoms with Gasteiger partial charge in [0.05, 0.1) is 32.0 Å². The molecule has 4 atom stereocenters. The number of imide groups is 1. The van der Waals surface area contributed by atoms with Crippen LogP contribution in [-0.2, 0) is 43.0 Å². The van der Waals surface area contributed by atoms with E-state index in [0.29, 0.717) is 16.4 Å². The summed E-state index contributed by atoms with van der Waals surface area (Å²) < 4.78 is 21.9. The Kier molecular flexibility index (Phi) is 16.1. The average molecular weight is 743 g/mol. The fraction of sp³-hybridized carbons (Fsp3) is 0.500. The van der Waals surface area contributed by atoms with E-state index >= 15 is 0 Å². The predicted octanol–water partition coefficient (Wildman–Crippen LogP) is 0.362. The molecule has 2 fully saturated rings. The Bertz CT molecular complexity index is 1550. The zero-order chi connectivity index (χ0) is 38.2. The summed E-state index contributed by atoms with van der Waals surface area (Å²) in [6.45, 7) is 2.78. The Morgan fingerprint density at radius 3 is 2.30 bits per heavy atom. The highest BCUT2D eigenvalue weighted by Gasteiger charge is 2.34. The van der Waals surface area contributed by atoms with Crippen LogP contribution in [0.1, 0.15) is 55.8 Å². The van der Waals surface area contributed by atoms with Crippen molar-refractivity contribution in [1.29, 1.82) is 0 Å². The molecule has 0 spiro atoms. The third-order valence-electron chi connectivity index (χ3n) is 8.16. The fourth-order valence-corrected chi connectivity index (χ4v) is 5.23. The third kappa shape index (κ3) is 13.5. The molecule has 288 valence electrons. The van der Waals surface area contributed by atoms with Gasteiger partial charge < -0.3 is 49.9 Å². The van der Waals surface area contributed by atoms with Gasteiger partial charge in [-0.3, -0.25) is 24.0 Å². The number of carbonyl (C=O) groups is 6. The largest absolute Gasteiger partial charge is 0.484 e. The molecule has 5 amide bonds. The van der Waals surface area contributed by atoms with Crippen molar-refractivity contribution in [2.45, 2.75) is 70.1 Å². The number of rotatable bonds is 20. The number of hydrogen-bond donors (Lipinski definition) is 5. The summed E-state index contributed by atoms with van der Waals surface area (Å²) in [5.41, 5.74) is 2.03. The maximum absolute atomic E-state index is 12.7. The van der Waals surface area contributed by atoms with Crippen molar-refractivity contribution in [2.24, 2.45) is 0 Å². The van der Waals surface area contributed by atoms with E-state index in [1.807, 2.05) is 6.07 Å². The summed E-state index contributed by atoms with van der Waals surface area (Å²) >= 11 is 0. The first-order valence-electron chi connectivity index (χ1n) is 17.4. The summed E-state index contributed by atoms with van der Waals surface area (Å²) in [7, 11) is 0. The summed E-state index contributed by atoms with van der Waals surface area (Å²) in [6.07, 6.45) is -2.67. The van der Waals surface area contributed by atoms with E-state index in [-0.39, 0.29) is 102 Å². The normalized spacial score (nSPS) is 19.8. The van der Waals surface area contributed by atoms with Crippen LogP contribution in [0.3, 0.4) is 0 Å². The molecule has 2 aromatic carbocycles. The number of carbonyl (C=O) groups excluding carboxylic acids is 6. The summed E-state index contributed by atoms with van der Waals surface area (Å²) in [6, 6.07) is 14.0. The van der Waals surface area contributed by atoms with Gasteiger partial charge in [-0.05, 0) is 48.7 Å². The van der Waals surface area contributed by atoms with Crippen molar-refractivity contribution in [3.05, 3.63) is 54.1 Å². The zero-order valence-electron chi connectivity index (χ0n) is 29.5. The minimum absolute atomic E-state index is 0.00356. The lowest BCUT2D eigenvalue weighted by atomic mass is 10.0. The number of aliphatic hydroxyl groups is 2. The molecule has 0 aliphatic carbocycles. The SMILES string of the molecule is C[C@@H]1O[C@@H](OCCOCCNC(=O)COc2ccc(-c3cccc(C(=O)NCCNC(=O)CCCC(=O)ON4C(=O)CCC4=O)c3)cc2)[C@H](O)C[C@H]1O. The number of amides is 5. The Labute approximate surface area is 306 Å². The van der Waals surface area contributed by atoms with E-state index in [2.05, 4.69) is 16.0 Å². The van der Waals surface area contributed by atoms with Crippen LogP contribution < -0.4 is 20.7 Å². The van der Waals surface area contributed by atoms with Crippen molar-refractivity contribution in [3.8, 4) is 16.9 Å². The van der Waals surface area contributed by atoms with E-state index in [0.717, 1.165) is 11.1 Å². The van der Waals surface area contributed by atoms with Crippen LogP contribution >= 0.6 is 0 Å². The second-order valence-electron chi connectivity index (χ2n) is 12.3. The van der Waals surface area contributed by atoms with Gasteiger partial charge >= 0.3 is 5.97 Å². The molecule has 53 heavy (non-hydrogen) atoms. The molecule has 17 nitrogen and oxygen atoms in total. The molecule has 2 heterocycles. The van der Waals surface area contributed by atoms with E-state index < -0.39 is 42.4 Å². The lowest BCUT2D eigenvalue weighted by Crippen LogP contribution is -2.47. The molecule has 0 saturated carbocycles. The number of aliphatic hydroxyl groups excluding tert-OH is 2. The molecule has 2 saturated heterocycles. The lowest BCUT2D eigenvalue weighted by Gasteiger charge is -2.35. The molecule has 2 aromatic rings. The number of benzene rings is 2. The molecule has 2 aliphatic heterocycles. The van der Waals surface area contributed by atoms with Crippen molar-refractivity contribution < 1.29 is 62.8 Å². The van der Waals surface area contributed by atoms with Crippen LogP contribution in [0.4, 0.5) is 0 Å². The zero-order valence-corrected chi connectivity index (χ0v) is 29.5. The Morgan fingerprint density at radius 2 is 1.55 bits per heavy atom. The van der Waals surface area contributed by atoms with Crippen molar-refractivity contribution in [3.63, 3.8) is 0 Å². The van der Waals surface area contributed by atoms with Gasteiger partial charge in [-0.1, -0.05) is 24.3 Å². The van der Waals surface area contributed by atoms with Gasteiger partial charge in [-0.15, -0.1) is 5.06 Å². The fourth-order valence-electron chi connectivity index (χ4n) is 5.23. The highest BCUT2D eigenvalue weighted by molar-refractivity contribution is 6.01. The maximum atomic E-state index is 12.7. The van der Waals surface area contributed by atoms with Crippen molar-refractivity contribution in [1.82, 2.24) is 21.0 Å². The van der Waals surface area contributed by atoms with E-state index in [9.17, 15) is 39.0 Å². The van der Waals surface area contributed by atoms with Gasteiger partial charge in [0.15, 0.2) is 12.9 Å². The van der Waals surface area contributed by atoms with Crippen molar-refractivity contribution >= 4 is 35.5 Å². The molecule has 17 heteroatoms. The molecule has 4 rings (SSSR count). The molecule has 5 N–H and O–H groups in total. The minimum atomic E-state index is -0.915. The number of nitrogens with one attached hydrogen (secondary N) is 3. The van der Waals surface area contributed by atoms with Gasteiger partial charge in [-0.2, -0.15) is 0 Å². The highest BCUT2D eigenvalue weighted by atomic mass is 16.7. The first-order chi connectivity index (χ1) is 25.5. The first kappa shape index (κ1) is 40.8. The standard InChI is InChI=1S/C36H46N4O13/c1-23-28(41)21-29(42)36(52-23)50-19-18-49-17-16-38-31(44)22-51-27-10-8-24(9-11-27)25-4-2-5-26(20-25)35(48)39-15-14-37-30(43)6-3-7-34(47)53-40-32(45)12-13-33(40)46/h2,4-5,8-11,20,23,28-29,36,41-42H,3,6-7,12-19,21-22H2,1H3,(H,37,43)(H,38,44)(H,39,48)/t23-,28+,29+,36+/m0/s1. The smallest absolute Gasteiger partial charge is 0.333 e. The first-order valence-corrected chi connectivity index (χ1v) is 17.4. The van der Waals surface area contributed by atoms with Gasteiger partial charge in [0, 0.05) is 57.3 Å². The Hall–Kier alpha value is -4.94. The van der Waals surface area contributed by atoms with E-state index in [1.54, 1.807) is 49.4 Å². The topological polar surface area (TPSA) is 228 Å². The molecular formula is C36H46N4O13. The van der Waals surface area contributed by atoms with Gasteiger partial charge in [0.2, 0.25) is 5.91 Å². The molecule has 0 bridgehead atoms. The maximum Gasteiger partial charge on any atom is 0.333 e. The number of nitrogens with zero attached hydrogens (tertiary/aromatic N) is 1. The summed E-state index contributed by atoms with van der Waals surface area (Å²) in [5.74, 6) is -2.41. The number of hydroxylamine groups is 2. The third-order valence-corrected chi connectivity index (χ3v) is 8.16. The quantitative estimate of drug-likeness (QED) is 0.0914.